The van der Waals surface area contributed by atoms with Gasteiger partial charge in [0.2, 0.25) is 5.78 Å². The highest BCUT2D eigenvalue weighted by molar-refractivity contribution is 6.27. The van der Waals surface area contributed by atoms with Crippen LogP contribution in [0.15, 0.2) is 12.5 Å². The lowest BCUT2D eigenvalue weighted by molar-refractivity contribution is -0.136. The lowest BCUT2D eigenvalue weighted by Gasteiger charge is -2.26. The highest BCUT2D eigenvalue weighted by Crippen LogP contribution is 2.29. The molecule has 5 heteroatoms. The van der Waals surface area contributed by atoms with Crippen LogP contribution in [-0.2, 0) is 9.59 Å². The van der Waals surface area contributed by atoms with Crippen LogP contribution in [0.4, 0.5) is 0 Å². The Balaban J connectivity index is 2.69. The van der Waals surface area contributed by atoms with Crippen LogP contribution in [0, 0.1) is 5.41 Å². The van der Waals surface area contributed by atoms with E-state index in [1.807, 2.05) is 6.92 Å². The van der Waals surface area contributed by atoms with Gasteiger partial charge < -0.3 is 10.1 Å². The number of ketones is 1. The number of H-pyrrole nitrogens is 1. The van der Waals surface area contributed by atoms with Gasteiger partial charge in [0.05, 0.1) is 12.4 Å². The number of aliphatic hydroxyl groups excluding tert-OH is 1. The van der Waals surface area contributed by atoms with Gasteiger partial charge in [-0.05, 0) is 6.42 Å². The summed E-state index contributed by atoms with van der Waals surface area (Å²) in [7, 11) is 0. The van der Waals surface area contributed by atoms with Gasteiger partial charge in [0.1, 0.15) is 0 Å². The number of nitrogens with zero attached hydrogens (tertiary/aromatic N) is 1. The number of nitrogens with one attached hydrogen (secondary N) is 1. The standard InChI is InChI=1S/C12H18N2O3/c1-8(9-5-13-7-14-9)10(16)4-12(2,3)11(17)6-15/h5-8,10,16H,4H2,1-3H3,(H,13,14). The lowest BCUT2D eigenvalue weighted by Crippen LogP contribution is -2.32. The highest BCUT2D eigenvalue weighted by Gasteiger charge is 2.32. The summed E-state index contributed by atoms with van der Waals surface area (Å²) in [4.78, 5) is 28.7. The molecule has 2 N–H and O–H groups in total. The second-order valence-electron chi connectivity index (χ2n) is 4.93. The fourth-order valence-electron chi connectivity index (χ4n) is 1.68. The van der Waals surface area contributed by atoms with E-state index < -0.39 is 17.3 Å². The zero-order valence-corrected chi connectivity index (χ0v) is 10.3. The number of aldehydes is 1. The molecule has 2 unspecified atom stereocenters. The van der Waals surface area contributed by atoms with Gasteiger partial charge >= 0.3 is 0 Å². The fraction of sp³-hybridized carbons (Fsp3) is 0.583. The van der Waals surface area contributed by atoms with Crippen LogP contribution in [0.25, 0.3) is 0 Å². The maximum atomic E-state index is 11.4. The molecular formula is C12H18N2O3. The van der Waals surface area contributed by atoms with Crippen LogP contribution in [0.1, 0.15) is 38.8 Å². The summed E-state index contributed by atoms with van der Waals surface area (Å²) in [5.41, 5.74) is -0.0259. The monoisotopic (exact) mass is 238 g/mol. The molecule has 0 spiro atoms. The largest absolute Gasteiger partial charge is 0.392 e. The minimum Gasteiger partial charge on any atom is -0.392 e. The van der Waals surface area contributed by atoms with Crippen LogP contribution < -0.4 is 0 Å². The Morgan fingerprint density at radius 1 is 1.65 bits per heavy atom. The quantitative estimate of drug-likeness (QED) is 0.573. The van der Waals surface area contributed by atoms with Gasteiger partial charge in [0.25, 0.3) is 0 Å². The Labute approximate surface area is 100 Å². The number of carbonyl (C=O) groups excluding carboxylic acids is 2. The minimum absolute atomic E-state index is 0.156. The summed E-state index contributed by atoms with van der Waals surface area (Å²) < 4.78 is 0. The molecule has 17 heavy (non-hydrogen) atoms. The van der Waals surface area contributed by atoms with E-state index >= 15 is 0 Å². The number of carbonyl (C=O) groups is 2. The Bertz CT molecular complexity index is 384. The lowest BCUT2D eigenvalue weighted by atomic mass is 9.79. The smallest absolute Gasteiger partial charge is 0.200 e. The van der Waals surface area contributed by atoms with Crippen molar-refractivity contribution in [3.63, 3.8) is 0 Å². The summed E-state index contributed by atoms with van der Waals surface area (Å²) in [6.45, 7) is 5.17. The minimum atomic E-state index is -0.838. The number of hydrogen-bond acceptors (Lipinski definition) is 4. The van der Waals surface area contributed by atoms with E-state index in [9.17, 15) is 14.7 Å². The Kier molecular flexibility index (Phi) is 4.17. The molecule has 1 heterocycles. The molecule has 0 amide bonds. The molecule has 1 aromatic rings. The van der Waals surface area contributed by atoms with E-state index in [0.29, 0.717) is 6.29 Å². The number of aliphatic hydroxyl groups is 1. The number of hydrogen-bond donors (Lipinski definition) is 2. The predicted molar refractivity (Wildman–Crippen MR) is 62.5 cm³/mol. The van der Waals surface area contributed by atoms with Gasteiger partial charge in [-0.2, -0.15) is 0 Å². The summed E-state index contributed by atoms with van der Waals surface area (Å²) in [6, 6.07) is 0. The molecule has 0 saturated heterocycles. The molecule has 0 bridgehead atoms. The SMILES string of the molecule is CC(c1cnc[nH]1)C(O)CC(C)(C)C(=O)C=O. The first-order chi connectivity index (χ1) is 7.88. The van der Waals surface area contributed by atoms with Crippen molar-refractivity contribution in [1.82, 2.24) is 9.97 Å². The molecule has 0 aromatic carbocycles. The van der Waals surface area contributed by atoms with Gasteiger partial charge in [0, 0.05) is 23.2 Å². The van der Waals surface area contributed by atoms with Crippen molar-refractivity contribution in [2.45, 2.75) is 39.2 Å². The van der Waals surface area contributed by atoms with Gasteiger partial charge in [-0.1, -0.05) is 20.8 Å². The molecule has 0 aliphatic heterocycles. The maximum Gasteiger partial charge on any atom is 0.200 e. The van der Waals surface area contributed by atoms with E-state index in [4.69, 9.17) is 0 Å². The van der Waals surface area contributed by atoms with Crippen molar-refractivity contribution < 1.29 is 14.7 Å². The Morgan fingerprint density at radius 2 is 2.29 bits per heavy atom. The van der Waals surface area contributed by atoms with Crippen molar-refractivity contribution in [2.24, 2.45) is 5.41 Å². The Morgan fingerprint density at radius 3 is 2.76 bits per heavy atom. The number of imidazole rings is 1. The van der Waals surface area contributed by atoms with Crippen LogP contribution in [0.5, 0.6) is 0 Å². The molecule has 94 valence electrons. The van der Waals surface area contributed by atoms with Crippen LogP contribution >= 0.6 is 0 Å². The van der Waals surface area contributed by atoms with Gasteiger partial charge in [0.15, 0.2) is 6.29 Å². The van der Waals surface area contributed by atoms with Crippen molar-refractivity contribution >= 4 is 12.1 Å². The molecule has 0 aliphatic rings. The van der Waals surface area contributed by atoms with Crippen molar-refractivity contribution in [3.05, 3.63) is 18.2 Å². The third-order valence-corrected chi connectivity index (χ3v) is 3.08. The topological polar surface area (TPSA) is 83.0 Å². The molecule has 2 atom stereocenters. The molecule has 1 aromatic heterocycles. The van der Waals surface area contributed by atoms with Crippen molar-refractivity contribution in [1.29, 1.82) is 0 Å². The van der Waals surface area contributed by atoms with E-state index in [1.165, 1.54) is 0 Å². The third-order valence-electron chi connectivity index (χ3n) is 3.08. The van der Waals surface area contributed by atoms with E-state index in [2.05, 4.69) is 9.97 Å². The molecule has 1 rings (SSSR count). The zero-order chi connectivity index (χ0) is 13.1. The van der Waals surface area contributed by atoms with Crippen LogP contribution in [-0.4, -0.2) is 33.2 Å². The molecule has 0 radical (unpaired) electrons. The Hall–Kier alpha value is -1.49. The third kappa shape index (κ3) is 3.23. The number of rotatable bonds is 6. The summed E-state index contributed by atoms with van der Waals surface area (Å²) in [6.07, 6.45) is 3.04. The van der Waals surface area contributed by atoms with Gasteiger partial charge in [-0.25, -0.2) is 4.98 Å². The molecule has 0 aliphatic carbocycles. The van der Waals surface area contributed by atoms with E-state index in [1.54, 1.807) is 26.4 Å². The van der Waals surface area contributed by atoms with Crippen molar-refractivity contribution in [2.75, 3.05) is 0 Å². The maximum absolute atomic E-state index is 11.4. The van der Waals surface area contributed by atoms with Crippen LogP contribution in [0.3, 0.4) is 0 Å². The molecule has 0 fully saturated rings. The predicted octanol–water partition coefficient (Wildman–Crippen LogP) is 1.06. The van der Waals surface area contributed by atoms with E-state index in [-0.39, 0.29) is 12.3 Å². The second kappa shape index (κ2) is 5.23. The number of Topliss-reactive ketones (excluding diaryl/α,β-unsaturated/α-hetero) is 1. The molecule has 5 nitrogen and oxygen atoms in total. The zero-order valence-electron chi connectivity index (χ0n) is 10.3. The average molecular weight is 238 g/mol. The first-order valence-corrected chi connectivity index (χ1v) is 5.54. The van der Waals surface area contributed by atoms with E-state index in [0.717, 1.165) is 5.69 Å². The van der Waals surface area contributed by atoms with Gasteiger partial charge in [-0.3, -0.25) is 9.59 Å². The second-order valence-corrected chi connectivity index (χ2v) is 4.93. The summed E-state index contributed by atoms with van der Waals surface area (Å²) in [5, 5.41) is 10.1. The summed E-state index contributed by atoms with van der Waals surface area (Å²) >= 11 is 0. The van der Waals surface area contributed by atoms with Gasteiger partial charge in [-0.15, -0.1) is 0 Å². The fourth-order valence-corrected chi connectivity index (χ4v) is 1.68. The first kappa shape index (κ1) is 13.6. The first-order valence-electron chi connectivity index (χ1n) is 5.54. The summed E-state index contributed by atoms with van der Waals surface area (Å²) in [5.74, 6) is -0.649. The van der Waals surface area contributed by atoms with Crippen molar-refractivity contribution in [3.8, 4) is 0 Å². The average Bonchev–Trinajstić information content (AvgIpc) is 2.79. The molecular weight excluding hydrogens is 220 g/mol. The normalized spacial score (nSPS) is 15.3. The van der Waals surface area contributed by atoms with Crippen LogP contribution in [0.2, 0.25) is 0 Å². The molecule has 0 saturated carbocycles. The number of aromatic nitrogens is 2. The highest BCUT2D eigenvalue weighted by atomic mass is 16.3. The number of aromatic amines is 1.